The number of aryl methyl sites for hydroxylation is 1. The van der Waals surface area contributed by atoms with E-state index in [1.807, 2.05) is 29.7 Å². The molecule has 0 aliphatic carbocycles. The Morgan fingerprint density at radius 1 is 1.14 bits per heavy atom. The second-order valence-electron chi connectivity index (χ2n) is 8.72. The van der Waals surface area contributed by atoms with Crippen molar-refractivity contribution in [3.05, 3.63) is 64.0 Å². The highest BCUT2D eigenvalue weighted by Crippen LogP contribution is 2.33. The number of rotatable bonds is 6. The van der Waals surface area contributed by atoms with Gasteiger partial charge in [-0.05, 0) is 42.7 Å². The second kappa shape index (κ2) is 9.80. The molecule has 0 spiro atoms. The summed E-state index contributed by atoms with van der Waals surface area (Å²) in [7, 11) is 1.61. The Bertz CT molecular complexity index is 1350. The number of aliphatic carboxylic acids is 1. The zero-order chi connectivity index (χ0) is 25.3. The number of fused-ring (bicyclic) bond motifs is 1. The molecule has 0 bridgehead atoms. The standard InChI is InChI=1S/C25H27FN6O3/c1-4-18-14-32(23-21-20(30(3)25(35)29-23)11-10-17(12-27)28-21)19(5-2)13-31(18)22(24(33)34)15-6-8-16(26)9-7-15/h6-11,18-19,22H,4-5,13-14H2,1-3H3,(H,33,34)/t18-,19?,22?/m1/s1. The molecule has 9 nitrogen and oxygen atoms in total. The predicted molar refractivity (Wildman–Crippen MR) is 128 cm³/mol. The lowest BCUT2D eigenvalue weighted by Gasteiger charge is -2.48. The van der Waals surface area contributed by atoms with Crippen molar-refractivity contribution >= 4 is 22.8 Å². The van der Waals surface area contributed by atoms with E-state index in [0.29, 0.717) is 48.3 Å². The van der Waals surface area contributed by atoms with Crippen LogP contribution in [0.1, 0.15) is 44.0 Å². The Kier molecular flexibility index (Phi) is 6.80. The molecule has 0 saturated carbocycles. The molecule has 1 aliphatic rings. The van der Waals surface area contributed by atoms with Crippen LogP contribution in [0.3, 0.4) is 0 Å². The fourth-order valence-corrected chi connectivity index (χ4v) is 4.85. The molecule has 3 atom stereocenters. The molecule has 3 aromatic rings. The van der Waals surface area contributed by atoms with Crippen LogP contribution < -0.4 is 10.6 Å². The summed E-state index contributed by atoms with van der Waals surface area (Å²) in [6, 6.07) is 9.59. The molecule has 10 heteroatoms. The normalized spacial score (nSPS) is 19.5. The van der Waals surface area contributed by atoms with Crippen molar-refractivity contribution in [3.63, 3.8) is 0 Å². The Balaban J connectivity index is 1.79. The number of piperazine rings is 1. The highest BCUT2D eigenvalue weighted by molar-refractivity contribution is 5.86. The summed E-state index contributed by atoms with van der Waals surface area (Å²) < 4.78 is 14.9. The lowest BCUT2D eigenvalue weighted by molar-refractivity contribution is -0.145. The molecule has 2 unspecified atom stereocenters. The van der Waals surface area contributed by atoms with Gasteiger partial charge in [-0.1, -0.05) is 26.0 Å². The fraction of sp³-hybridized carbons (Fsp3) is 0.400. The average molecular weight is 479 g/mol. The van der Waals surface area contributed by atoms with Crippen LogP contribution in [0.5, 0.6) is 0 Å². The van der Waals surface area contributed by atoms with Crippen LogP contribution >= 0.6 is 0 Å². The maximum absolute atomic E-state index is 13.5. The summed E-state index contributed by atoms with van der Waals surface area (Å²) in [5.74, 6) is -1.02. The van der Waals surface area contributed by atoms with Crippen LogP contribution in [-0.4, -0.2) is 55.7 Å². The number of benzene rings is 1. The Hall–Kier alpha value is -3.84. The molecule has 35 heavy (non-hydrogen) atoms. The highest BCUT2D eigenvalue weighted by Gasteiger charge is 2.40. The molecule has 1 aromatic carbocycles. The zero-order valence-electron chi connectivity index (χ0n) is 19.8. The van der Waals surface area contributed by atoms with Gasteiger partial charge in [0.25, 0.3) is 0 Å². The number of nitriles is 1. The van der Waals surface area contributed by atoms with Crippen molar-refractivity contribution in [1.82, 2.24) is 19.4 Å². The maximum Gasteiger partial charge on any atom is 0.349 e. The number of carboxylic acid groups (broad SMARTS) is 1. The summed E-state index contributed by atoms with van der Waals surface area (Å²) in [5.41, 5.74) is 1.33. The van der Waals surface area contributed by atoms with Crippen LogP contribution in [-0.2, 0) is 11.8 Å². The smallest absolute Gasteiger partial charge is 0.349 e. The van der Waals surface area contributed by atoms with Gasteiger partial charge in [0.05, 0.1) is 5.52 Å². The Labute approximate surface area is 202 Å². The SMILES string of the molecule is CCC1CN(C(C(=O)O)c2ccc(F)cc2)[C@H](CC)CN1c1nc(=O)n(C)c2ccc(C#N)nc12. The Morgan fingerprint density at radius 2 is 1.83 bits per heavy atom. The fourth-order valence-electron chi connectivity index (χ4n) is 4.85. The van der Waals surface area contributed by atoms with Crippen LogP contribution in [0.4, 0.5) is 10.2 Å². The second-order valence-corrected chi connectivity index (χ2v) is 8.72. The van der Waals surface area contributed by atoms with Crippen molar-refractivity contribution in [1.29, 1.82) is 5.26 Å². The molecular weight excluding hydrogens is 451 g/mol. The predicted octanol–water partition coefficient (Wildman–Crippen LogP) is 2.84. The number of anilines is 1. The van der Waals surface area contributed by atoms with E-state index >= 15 is 0 Å². The number of halogens is 1. The molecule has 2 aromatic heterocycles. The van der Waals surface area contributed by atoms with Crippen LogP contribution in [0.15, 0.2) is 41.2 Å². The van der Waals surface area contributed by atoms with Crippen molar-refractivity contribution < 1.29 is 14.3 Å². The summed E-state index contributed by atoms with van der Waals surface area (Å²) in [5, 5.41) is 19.5. The molecular formula is C25H27FN6O3. The summed E-state index contributed by atoms with van der Waals surface area (Å²) in [6.45, 7) is 4.80. The minimum absolute atomic E-state index is 0.157. The quantitative estimate of drug-likeness (QED) is 0.575. The lowest BCUT2D eigenvalue weighted by Crippen LogP contribution is -2.60. The number of carboxylic acids is 1. The van der Waals surface area contributed by atoms with E-state index in [1.54, 1.807) is 19.2 Å². The monoisotopic (exact) mass is 478 g/mol. The molecule has 1 aliphatic heterocycles. The number of hydrogen-bond donors (Lipinski definition) is 1. The van der Waals surface area contributed by atoms with E-state index in [2.05, 4.69) is 9.97 Å². The number of hydrogen-bond acceptors (Lipinski definition) is 7. The molecule has 4 rings (SSSR count). The van der Waals surface area contributed by atoms with Gasteiger partial charge in [0.1, 0.15) is 29.1 Å². The number of nitrogens with zero attached hydrogens (tertiary/aromatic N) is 6. The minimum Gasteiger partial charge on any atom is -0.480 e. The van der Waals surface area contributed by atoms with E-state index < -0.39 is 23.5 Å². The first-order valence-electron chi connectivity index (χ1n) is 11.6. The third kappa shape index (κ3) is 4.47. The van der Waals surface area contributed by atoms with Gasteiger partial charge in [-0.3, -0.25) is 14.3 Å². The summed E-state index contributed by atoms with van der Waals surface area (Å²) in [4.78, 5) is 37.8. The van der Waals surface area contributed by atoms with E-state index in [9.17, 15) is 24.3 Å². The van der Waals surface area contributed by atoms with Gasteiger partial charge in [0.2, 0.25) is 0 Å². The van der Waals surface area contributed by atoms with Crippen molar-refractivity contribution in [2.24, 2.45) is 7.05 Å². The van der Waals surface area contributed by atoms with Crippen molar-refractivity contribution in [3.8, 4) is 6.07 Å². The maximum atomic E-state index is 13.5. The van der Waals surface area contributed by atoms with Gasteiger partial charge in [-0.2, -0.15) is 10.2 Å². The molecule has 182 valence electrons. The molecule has 3 heterocycles. The van der Waals surface area contributed by atoms with Gasteiger partial charge in [-0.15, -0.1) is 0 Å². The average Bonchev–Trinajstić information content (AvgIpc) is 2.86. The zero-order valence-corrected chi connectivity index (χ0v) is 19.8. The lowest BCUT2D eigenvalue weighted by atomic mass is 9.96. The first kappa shape index (κ1) is 24.3. The van der Waals surface area contributed by atoms with Gasteiger partial charge >= 0.3 is 11.7 Å². The number of aromatic nitrogens is 3. The van der Waals surface area contributed by atoms with E-state index in [-0.39, 0.29) is 17.8 Å². The van der Waals surface area contributed by atoms with Gasteiger partial charge in [-0.25, -0.2) is 14.2 Å². The third-order valence-corrected chi connectivity index (χ3v) is 6.75. The van der Waals surface area contributed by atoms with Gasteiger partial charge in [0.15, 0.2) is 5.82 Å². The summed E-state index contributed by atoms with van der Waals surface area (Å²) >= 11 is 0. The van der Waals surface area contributed by atoms with Gasteiger partial charge in [0, 0.05) is 32.2 Å². The van der Waals surface area contributed by atoms with Gasteiger partial charge < -0.3 is 10.0 Å². The van der Waals surface area contributed by atoms with E-state index in [4.69, 9.17) is 0 Å². The topological polar surface area (TPSA) is 115 Å². The molecule has 1 N–H and O–H groups in total. The highest BCUT2D eigenvalue weighted by atomic mass is 19.1. The molecule has 1 fully saturated rings. The first-order chi connectivity index (χ1) is 16.8. The first-order valence-corrected chi connectivity index (χ1v) is 11.6. The van der Waals surface area contributed by atoms with Crippen molar-refractivity contribution in [2.75, 3.05) is 18.0 Å². The van der Waals surface area contributed by atoms with Crippen LogP contribution in [0.25, 0.3) is 11.0 Å². The molecule has 1 saturated heterocycles. The van der Waals surface area contributed by atoms with Crippen LogP contribution in [0.2, 0.25) is 0 Å². The summed E-state index contributed by atoms with van der Waals surface area (Å²) in [6.07, 6.45) is 1.32. The van der Waals surface area contributed by atoms with Crippen LogP contribution in [0, 0.1) is 17.1 Å². The third-order valence-electron chi connectivity index (χ3n) is 6.75. The Morgan fingerprint density at radius 3 is 2.43 bits per heavy atom. The number of pyridine rings is 1. The van der Waals surface area contributed by atoms with E-state index in [1.165, 1.54) is 28.8 Å². The minimum atomic E-state index is -1.00. The van der Waals surface area contributed by atoms with E-state index in [0.717, 1.165) is 0 Å². The van der Waals surface area contributed by atoms with Crippen molar-refractivity contribution in [2.45, 2.75) is 44.8 Å². The number of carbonyl (C=O) groups is 1. The molecule has 0 amide bonds. The largest absolute Gasteiger partial charge is 0.480 e. The molecule has 0 radical (unpaired) electrons.